The van der Waals surface area contributed by atoms with E-state index in [0.29, 0.717) is 6.42 Å². The summed E-state index contributed by atoms with van der Waals surface area (Å²) in [4.78, 5) is 9.85. The van der Waals surface area contributed by atoms with Crippen molar-refractivity contribution in [2.75, 3.05) is 0 Å². The minimum atomic E-state index is -0.842. The molecule has 4 heteroatoms. The topological polar surface area (TPSA) is 72.3 Å². The molecular weight excluding hydrogens is 126 g/mol. The second-order valence-corrected chi connectivity index (χ2v) is 1.89. The van der Waals surface area contributed by atoms with Gasteiger partial charge in [-0.25, -0.2) is 0 Å². The van der Waals surface area contributed by atoms with Crippen LogP contribution in [0.1, 0.15) is 13.3 Å². The molecule has 0 fully saturated rings. The molecule has 0 aliphatic carbocycles. The van der Waals surface area contributed by atoms with E-state index in [0.717, 1.165) is 0 Å². The molecule has 4 N–H and O–H groups in total. The van der Waals surface area contributed by atoms with Crippen molar-refractivity contribution in [1.82, 2.24) is 6.15 Å². The van der Waals surface area contributed by atoms with Gasteiger partial charge in [0.15, 0.2) is 0 Å². The van der Waals surface area contributed by atoms with Gasteiger partial charge in [-0.1, -0.05) is 6.92 Å². The number of aliphatic carboxylic acids is 1. The number of hydrogen-bond acceptors (Lipinski definition) is 3. The third-order valence-electron chi connectivity index (χ3n) is 0.672. The highest BCUT2D eigenvalue weighted by Gasteiger charge is 2.06. The Bertz CT molecular complexity index is 76.4. The zero-order chi connectivity index (χ0) is 5.86. The van der Waals surface area contributed by atoms with Gasteiger partial charge in [0.05, 0.1) is 5.25 Å². The zero-order valence-electron chi connectivity index (χ0n) is 4.79. The van der Waals surface area contributed by atoms with Gasteiger partial charge >= 0.3 is 5.97 Å². The minimum absolute atomic E-state index is 0. The average molecular weight is 137 g/mol. The van der Waals surface area contributed by atoms with Crippen molar-refractivity contribution in [3.05, 3.63) is 0 Å². The Balaban J connectivity index is 0. The summed E-state index contributed by atoms with van der Waals surface area (Å²) in [5, 5.41) is 7.62. The summed E-state index contributed by atoms with van der Waals surface area (Å²) in [5.41, 5.74) is 0. The van der Waals surface area contributed by atoms with E-state index in [2.05, 4.69) is 12.6 Å². The first-order valence-corrected chi connectivity index (χ1v) is 2.61. The fourth-order valence-corrected chi connectivity index (χ4v) is 0.175. The van der Waals surface area contributed by atoms with Gasteiger partial charge in [-0.05, 0) is 6.42 Å². The van der Waals surface area contributed by atoms with Crippen LogP contribution in [0.25, 0.3) is 0 Å². The highest BCUT2D eigenvalue weighted by Crippen LogP contribution is 1.97. The van der Waals surface area contributed by atoms with E-state index in [-0.39, 0.29) is 6.15 Å². The van der Waals surface area contributed by atoms with Crippen LogP contribution in [0.5, 0.6) is 0 Å². The number of carboxylic acids is 1. The molecule has 0 amide bonds. The van der Waals surface area contributed by atoms with E-state index in [1.807, 2.05) is 0 Å². The van der Waals surface area contributed by atoms with Crippen molar-refractivity contribution in [1.29, 1.82) is 0 Å². The largest absolute Gasteiger partial charge is 0.480 e. The Hall–Kier alpha value is -0.220. The number of carbonyl (C=O) groups is 1. The molecule has 0 saturated carbocycles. The molecule has 1 unspecified atom stereocenters. The molecule has 3 nitrogen and oxygen atoms in total. The van der Waals surface area contributed by atoms with Crippen LogP contribution < -0.4 is 6.15 Å². The number of hydrogen-bond donors (Lipinski definition) is 3. The predicted octanol–water partition coefficient (Wildman–Crippen LogP) is 0.941. The van der Waals surface area contributed by atoms with Gasteiger partial charge in [0.1, 0.15) is 0 Å². The number of rotatable bonds is 2. The first kappa shape index (κ1) is 10.7. The van der Waals surface area contributed by atoms with E-state index >= 15 is 0 Å². The Kier molecular flexibility index (Phi) is 6.59. The van der Waals surface area contributed by atoms with Crippen LogP contribution in [0, 0.1) is 0 Å². The molecule has 0 bridgehead atoms. The van der Waals surface area contributed by atoms with E-state index in [9.17, 15) is 4.79 Å². The quantitative estimate of drug-likeness (QED) is 0.496. The maximum absolute atomic E-state index is 9.85. The van der Waals surface area contributed by atoms with Crippen molar-refractivity contribution in [2.45, 2.75) is 18.6 Å². The Labute approximate surface area is 54.1 Å². The summed E-state index contributed by atoms with van der Waals surface area (Å²) in [6.07, 6.45) is 0.582. The third kappa shape index (κ3) is 3.95. The lowest BCUT2D eigenvalue weighted by atomic mass is 10.3. The first-order valence-electron chi connectivity index (χ1n) is 2.09. The summed E-state index contributed by atoms with van der Waals surface area (Å²) < 4.78 is 0. The summed E-state index contributed by atoms with van der Waals surface area (Å²) in [5.74, 6) is -0.842. The predicted molar refractivity (Wildman–Crippen MR) is 35.7 cm³/mol. The van der Waals surface area contributed by atoms with Gasteiger partial charge in [0, 0.05) is 0 Å². The van der Waals surface area contributed by atoms with Crippen LogP contribution in [0.15, 0.2) is 0 Å². The maximum atomic E-state index is 9.85. The molecule has 0 aliphatic heterocycles. The summed E-state index contributed by atoms with van der Waals surface area (Å²) in [6.45, 7) is 1.78. The molecule has 0 aromatic carbocycles. The Morgan fingerprint density at radius 2 is 2.25 bits per heavy atom. The standard InChI is InChI=1S/C4H8O2S.H3N/c1-2-3(7)4(5)6;/h3,7H,2H2,1H3,(H,5,6);1H3. The molecule has 0 saturated heterocycles. The van der Waals surface area contributed by atoms with Crippen molar-refractivity contribution < 1.29 is 9.90 Å². The average Bonchev–Trinajstić information content (AvgIpc) is 1.65. The van der Waals surface area contributed by atoms with E-state index in [1.165, 1.54) is 0 Å². The molecule has 0 radical (unpaired) electrons. The molecule has 8 heavy (non-hydrogen) atoms. The van der Waals surface area contributed by atoms with Gasteiger partial charge in [-0.15, -0.1) is 0 Å². The second kappa shape index (κ2) is 4.93. The fraction of sp³-hybridized carbons (Fsp3) is 0.750. The number of thiol groups is 1. The second-order valence-electron chi connectivity index (χ2n) is 1.26. The van der Waals surface area contributed by atoms with Gasteiger partial charge in [-0.2, -0.15) is 12.6 Å². The van der Waals surface area contributed by atoms with Crippen LogP contribution in [0.2, 0.25) is 0 Å². The zero-order valence-corrected chi connectivity index (χ0v) is 5.69. The minimum Gasteiger partial charge on any atom is -0.480 e. The van der Waals surface area contributed by atoms with E-state index in [4.69, 9.17) is 5.11 Å². The lowest BCUT2D eigenvalue weighted by Crippen LogP contribution is -2.10. The van der Waals surface area contributed by atoms with Crippen LogP contribution in [-0.4, -0.2) is 16.3 Å². The summed E-state index contributed by atoms with van der Waals surface area (Å²) >= 11 is 3.73. The van der Waals surface area contributed by atoms with Gasteiger partial charge in [0.25, 0.3) is 0 Å². The number of carboxylic acid groups (broad SMARTS) is 1. The summed E-state index contributed by atoms with van der Waals surface area (Å²) in [7, 11) is 0. The van der Waals surface area contributed by atoms with Crippen molar-refractivity contribution in [3.8, 4) is 0 Å². The molecule has 0 aromatic heterocycles. The summed E-state index contributed by atoms with van der Waals surface area (Å²) in [6, 6.07) is 0. The van der Waals surface area contributed by atoms with Gasteiger partial charge in [-0.3, -0.25) is 4.79 Å². The molecular formula is C4H11NO2S. The highest BCUT2D eigenvalue weighted by atomic mass is 32.1. The maximum Gasteiger partial charge on any atom is 0.316 e. The van der Waals surface area contributed by atoms with E-state index in [1.54, 1.807) is 6.92 Å². The van der Waals surface area contributed by atoms with Crippen molar-refractivity contribution >= 4 is 18.6 Å². The Morgan fingerprint density at radius 3 is 2.25 bits per heavy atom. The smallest absolute Gasteiger partial charge is 0.316 e. The first-order chi connectivity index (χ1) is 3.18. The Morgan fingerprint density at radius 1 is 1.88 bits per heavy atom. The highest BCUT2D eigenvalue weighted by molar-refractivity contribution is 7.81. The molecule has 0 aromatic rings. The van der Waals surface area contributed by atoms with Crippen molar-refractivity contribution in [2.24, 2.45) is 0 Å². The molecule has 50 valence electrons. The van der Waals surface area contributed by atoms with Crippen LogP contribution in [0.4, 0.5) is 0 Å². The normalized spacial score (nSPS) is 11.8. The molecule has 1 atom stereocenters. The van der Waals surface area contributed by atoms with Gasteiger partial charge < -0.3 is 11.3 Å². The fourth-order valence-electron chi connectivity index (χ4n) is 0.175. The molecule has 0 aliphatic rings. The van der Waals surface area contributed by atoms with Crippen LogP contribution >= 0.6 is 12.6 Å². The third-order valence-corrected chi connectivity index (χ3v) is 1.26. The van der Waals surface area contributed by atoms with Crippen LogP contribution in [-0.2, 0) is 4.79 Å². The molecule has 0 spiro atoms. The SMILES string of the molecule is CCC(S)C(=O)O.N. The molecule has 0 heterocycles. The lowest BCUT2D eigenvalue weighted by molar-refractivity contribution is -0.136. The van der Waals surface area contributed by atoms with E-state index < -0.39 is 11.2 Å². The van der Waals surface area contributed by atoms with Gasteiger partial charge in [0.2, 0.25) is 0 Å². The lowest BCUT2D eigenvalue weighted by Gasteiger charge is -1.95. The van der Waals surface area contributed by atoms with Crippen LogP contribution in [0.3, 0.4) is 0 Å². The molecule has 0 rings (SSSR count). The van der Waals surface area contributed by atoms with Crippen molar-refractivity contribution in [3.63, 3.8) is 0 Å². The monoisotopic (exact) mass is 137 g/mol.